The van der Waals surface area contributed by atoms with E-state index in [1.807, 2.05) is 30.3 Å². The number of hydrogen-bond donors (Lipinski definition) is 2. The molecule has 4 rings (SSSR count). The molecule has 2 amide bonds. The molecule has 4 aromatic rings. The van der Waals surface area contributed by atoms with Crippen LogP contribution in [0.1, 0.15) is 27.3 Å². The van der Waals surface area contributed by atoms with Crippen molar-refractivity contribution in [2.75, 3.05) is 18.5 Å². The Morgan fingerprint density at radius 2 is 1.77 bits per heavy atom. The van der Waals surface area contributed by atoms with E-state index in [0.29, 0.717) is 30.8 Å². The maximum Gasteiger partial charge on any atom is 0.291 e. The van der Waals surface area contributed by atoms with Gasteiger partial charge in [-0.25, -0.2) is 0 Å². The van der Waals surface area contributed by atoms with Crippen LogP contribution in [0.15, 0.2) is 83.6 Å². The van der Waals surface area contributed by atoms with Gasteiger partial charge in [-0.3, -0.25) is 14.6 Å². The Morgan fingerprint density at radius 3 is 2.58 bits per heavy atom. The number of fused-ring (bicyclic) bond motifs is 1. The molecule has 156 valence electrons. The Hall–Kier alpha value is -4.13. The van der Waals surface area contributed by atoms with Gasteiger partial charge in [-0.15, -0.1) is 0 Å². The topological polar surface area (TPSA) is 93.5 Å². The largest absolute Gasteiger partial charge is 0.491 e. The number of furan rings is 1. The lowest BCUT2D eigenvalue weighted by molar-refractivity contribution is 0.0950. The zero-order valence-corrected chi connectivity index (χ0v) is 16.7. The Kier molecular flexibility index (Phi) is 6.23. The molecule has 7 nitrogen and oxygen atoms in total. The third-order valence-corrected chi connectivity index (χ3v) is 4.61. The van der Waals surface area contributed by atoms with E-state index in [-0.39, 0.29) is 17.6 Å². The van der Waals surface area contributed by atoms with E-state index >= 15 is 0 Å². The molecule has 2 aromatic heterocycles. The highest BCUT2D eigenvalue weighted by Crippen LogP contribution is 2.22. The molecule has 0 aliphatic heterocycles. The number of rotatable bonds is 8. The van der Waals surface area contributed by atoms with Crippen molar-refractivity contribution in [1.29, 1.82) is 0 Å². The van der Waals surface area contributed by atoms with Crippen molar-refractivity contribution < 1.29 is 18.7 Å². The first-order valence-electron chi connectivity index (χ1n) is 9.90. The van der Waals surface area contributed by atoms with Crippen LogP contribution in [0.25, 0.3) is 10.9 Å². The number of anilines is 1. The zero-order valence-electron chi connectivity index (χ0n) is 16.7. The number of aromatic nitrogens is 1. The van der Waals surface area contributed by atoms with Crippen LogP contribution < -0.4 is 15.4 Å². The van der Waals surface area contributed by atoms with Gasteiger partial charge in [0.15, 0.2) is 5.76 Å². The minimum Gasteiger partial charge on any atom is -0.491 e. The molecule has 0 aliphatic carbocycles. The first kappa shape index (κ1) is 20.2. The van der Waals surface area contributed by atoms with Gasteiger partial charge in [0.1, 0.15) is 11.3 Å². The van der Waals surface area contributed by atoms with Crippen LogP contribution in [0.2, 0.25) is 0 Å². The minimum absolute atomic E-state index is 0.185. The average molecular weight is 415 g/mol. The molecule has 0 bridgehead atoms. The van der Waals surface area contributed by atoms with E-state index in [9.17, 15) is 9.59 Å². The molecule has 2 aromatic carbocycles. The summed E-state index contributed by atoms with van der Waals surface area (Å²) in [6.45, 7) is 0.946. The van der Waals surface area contributed by atoms with Crippen molar-refractivity contribution >= 4 is 28.4 Å². The number of hydrogen-bond acceptors (Lipinski definition) is 5. The lowest BCUT2D eigenvalue weighted by Crippen LogP contribution is -2.25. The fraction of sp³-hybridized carbons (Fsp3) is 0.125. The summed E-state index contributed by atoms with van der Waals surface area (Å²) in [4.78, 5) is 28.6. The van der Waals surface area contributed by atoms with E-state index in [1.54, 1.807) is 42.6 Å². The lowest BCUT2D eigenvalue weighted by Gasteiger charge is -2.09. The lowest BCUT2D eigenvalue weighted by atomic mass is 10.2. The second-order valence-electron chi connectivity index (χ2n) is 6.80. The van der Waals surface area contributed by atoms with Crippen LogP contribution in [-0.4, -0.2) is 29.9 Å². The van der Waals surface area contributed by atoms with Gasteiger partial charge in [-0.05, 0) is 55.0 Å². The highest BCUT2D eigenvalue weighted by atomic mass is 16.5. The molecule has 0 fully saturated rings. The number of amides is 2. The summed E-state index contributed by atoms with van der Waals surface area (Å²) in [5, 5.41) is 6.61. The van der Waals surface area contributed by atoms with Gasteiger partial charge in [0, 0.05) is 29.4 Å². The highest BCUT2D eigenvalue weighted by Gasteiger charge is 2.10. The molecule has 0 spiro atoms. The molecular formula is C24H21N3O4. The number of pyridine rings is 1. The molecule has 0 radical (unpaired) electrons. The summed E-state index contributed by atoms with van der Waals surface area (Å²) in [5.41, 5.74) is 1.92. The smallest absolute Gasteiger partial charge is 0.291 e. The van der Waals surface area contributed by atoms with E-state index < -0.39 is 0 Å². The monoisotopic (exact) mass is 415 g/mol. The van der Waals surface area contributed by atoms with Crippen molar-refractivity contribution in [3.05, 3.63) is 90.5 Å². The van der Waals surface area contributed by atoms with Crippen LogP contribution in [0.3, 0.4) is 0 Å². The number of benzene rings is 2. The second kappa shape index (κ2) is 9.58. The van der Waals surface area contributed by atoms with Gasteiger partial charge in [-0.1, -0.05) is 18.2 Å². The van der Waals surface area contributed by atoms with Crippen molar-refractivity contribution in [1.82, 2.24) is 10.3 Å². The summed E-state index contributed by atoms with van der Waals surface area (Å²) < 4.78 is 10.9. The minimum atomic E-state index is -0.344. The molecular weight excluding hydrogens is 394 g/mol. The molecule has 2 heterocycles. The van der Waals surface area contributed by atoms with Crippen molar-refractivity contribution in [2.24, 2.45) is 0 Å². The van der Waals surface area contributed by atoms with Crippen LogP contribution in [0.4, 0.5) is 5.69 Å². The molecule has 2 N–H and O–H groups in total. The fourth-order valence-electron chi connectivity index (χ4n) is 3.06. The van der Waals surface area contributed by atoms with Crippen molar-refractivity contribution in [2.45, 2.75) is 6.42 Å². The fourth-order valence-corrected chi connectivity index (χ4v) is 3.06. The van der Waals surface area contributed by atoms with Crippen LogP contribution in [-0.2, 0) is 0 Å². The van der Waals surface area contributed by atoms with Crippen LogP contribution >= 0.6 is 0 Å². The number of ether oxygens (including phenoxy) is 1. The van der Waals surface area contributed by atoms with Gasteiger partial charge in [0.25, 0.3) is 11.8 Å². The quantitative estimate of drug-likeness (QED) is 0.419. The molecule has 31 heavy (non-hydrogen) atoms. The number of carbonyl (C=O) groups is 2. The molecule has 0 aliphatic rings. The number of carbonyl (C=O) groups excluding carboxylic acids is 2. The molecule has 0 saturated heterocycles. The van der Waals surface area contributed by atoms with E-state index in [2.05, 4.69) is 15.6 Å². The average Bonchev–Trinajstić information content (AvgIpc) is 3.34. The maximum atomic E-state index is 12.3. The highest BCUT2D eigenvalue weighted by molar-refractivity contribution is 6.02. The van der Waals surface area contributed by atoms with Crippen molar-refractivity contribution in [3.8, 4) is 5.75 Å². The van der Waals surface area contributed by atoms with E-state index in [1.165, 1.54) is 6.26 Å². The molecule has 7 heteroatoms. The van der Waals surface area contributed by atoms with Crippen LogP contribution in [0.5, 0.6) is 5.75 Å². The maximum absolute atomic E-state index is 12.3. The standard InChI is InChI=1S/C24H21N3O4/c28-23(18-9-11-19(12-10-18)27-24(29)21-8-3-15-31-21)26-14-4-16-30-20-7-1-5-17-6-2-13-25-22(17)20/h1-3,5-13,15H,4,14,16H2,(H,26,28)(H,27,29). The van der Waals surface area contributed by atoms with Gasteiger partial charge in [0.2, 0.25) is 0 Å². The zero-order chi connectivity index (χ0) is 21.5. The normalized spacial score (nSPS) is 10.6. The molecule has 0 atom stereocenters. The Balaban J connectivity index is 1.22. The summed E-state index contributed by atoms with van der Waals surface area (Å²) in [7, 11) is 0. The number of para-hydroxylation sites is 1. The first-order chi connectivity index (χ1) is 15.2. The predicted molar refractivity (Wildman–Crippen MR) is 117 cm³/mol. The van der Waals surface area contributed by atoms with Gasteiger partial charge < -0.3 is 19.8 Å². The first-order valence-corrected chi connectivity index (χ1v) is 9.90. The predicted octanol–water partition coefficient (Wildman–Crippen LogP) is 4.28. The van der Waals surface area contributed by atoms with Crippen LogP contribution in [0, 0.1) is 0 Å². The Labute approximate surface area is 179 Å². The van der Waals surface area contributed by atoms with Gasteiger partial charge in [-0.2, -0.15) is 0 Å². The molecule has 0 unspecified atom stereocenters. The van der Waals surface area contributed by atoms with Gasteiger partial charge in [0.05, 0.1) is 12.9 Å². The van der Waals surface area contributed by atoms with Crippen molar-refractivity contribution in [3.63, 3.8) is 0 Å². The summed E-state index contributed by atoms with van der Waals surface area (Å²) in [5.74, 6) is 0.430. The Bertz CT molecular complexity index is 1170. The number of nitrogens with one attached hydrogen (secondary N) is 2. The summed E-state index contributed by atoms with van der Waals surface area (Å²) >= 11 is 0. The molecule has 0 saturated carbocycles. The summed E-state index contributed by atoms with van der Waals surface area (Å²) in [6.07, 6.45) is 3.84. The second-order valence-corrected chi connectivity index (χ2v) is 6.80. The van der Waals surface area contributed by atoms with Gasteiger partial charge >= 0.3 is 0 Å². The SMILES string of the molecule is O=C(NCCCOc1cccc2cccnc12)c1ccc(NC(=O)c2ccco2)cc1. The third kappa shape index (κ3) is 5.08. The Morgan fingerprint density at radius 1 is 0.935 bits per heavy atom. The number of nitrogens with zero attached hydrogens (tertiary/aromatic N) is 1. The van der Waals surface area contributed by atoms with E-state index in [0.717, 1.165) is 16.7 Å². The van der Waals surface area contributed by atoms with E-state index in [4.69, 9.17) is 9.15 Å². The third-order valence-electron chi connectivity index (χ3n) is 4.61. The summed E-state index contributed by atoms with van der Waals surface area (Å²) in [6, 6.07) is 19.6.